The Morgan fingerprint density at radius 3 is 2.75 bits per heavy atom. The normalized spacial score (nSPS) is 35.6. The SMILES string of the molecule is CO[C@@]12CC[C@@H](NC(C)CC(=O)OC(C)(C)C)[C@@H]3Oc4c(O)ccc5c4[C@@]31CCN(CC1CC1)[C@@H]2C5. The third-order valence-corrected chi connectivity index (χ3v) is 9.48. The van der Waals surface area contributed by atoms with Crippen LogP contribution in [0.1, 0.15) is 77.3 Å². The molecule has 1 spiro atoms. The minimum Gasteiger partial charge on any atom is -0.504 e. The van der Waals surface area contributed by atoms with Crippen molar-refractivity contribution in [2.75, 3.05) is 20.2 Å². The molecular weight excluding hydrogens is 456 g/mol. The van der Waals surface area contributed by atoms with Gasteiger partial charge in [0, 0.05) is 37.3 Å². The van der Waals surface area contributed by atoms with Gasteiger partial charge in [0.05, 0.1) is 17.4 Å². The highest BCUT2D eigenvalue weighted by atomic mass is 16.6. The number of likely N-dealkylation sites (tertiary alicyclic amines) is 1. The Morgan fingerprint density at radius 2 is 2.06 bits per heavy atom. The molecule has 0 amide bonds. The van der Waals surface area contributed by atoms with E-state index in [1.165, 1.54) is 24.0 Å². The molecule has 0 radical (unpaired) electrons. The first-order chi connectivity index (χ1) is 17.1. The van der Waals surface area contributed by atoms with Gasteiger partial charge in [0.1, 0.15) is 11.7 Å². The summed E-state index contributed by atoms with van der Waals surface area (Å²) in [4.78, 5) is 15.2. The Morgan fingerprint density at radius 1 is 1.28 bits per heavy atom. The number of aromatic hydroxyl groups is 1. The Kier molecular flexibility index (Phi) is 5.67. The monoisotopic (exact) mass is 498 g/mol. The van der Waals surface area contributed by atoms with Gasteiger partial charge in [-0.15, -0.1) is 0 Å². The first-order valence-electron chi connectivity index (χ1n) is 13.9. The smallest absolute Gasteiger partial charge is 0.307 e. The second-order valence-corrected chi connectivity index (χ2v) is 13.0. The lowest BCUT2D eigenvalue weighted by atomic mass is 9.48. The summed E-state index contributed by atoms with van der Waals surface area (Å²) in [6, 6.07) is 4.23. The van der Waals surface area contributed by atoms with Gasteiger partial charge in [0.15, 0.2) is 11.5 Å². The molecule has 0 aromatic heterocycles. The number of nitrogens with one attached hydrogen (secondary N) is 1. The van der Waals surface area contributed by atoms with E-state index in [1.807, 2.05) is 34.8 Å². The summed E-state index contributed by atoms with van der Waals surface area (Å²) in [5.41, 5.74) is 1.34. The number of piperidine rings is 1. The number of hydrogen-bond acceptors (Lipinski definition) is 7. The number of methoxy groups -OCH3 is 1. The third-order valence-electron chi connectivity index (χ3n) is 9.48. The fraction of sp³-hybridized carbons (Fsp3) is 0.759. The average molecular weight is 499 g/mol. The Hall–Kier alpha value is -1.83. The van der Waals surface area contributed by atoms with Crippen molar-refractivity contribution in [3.63, 3.8) is 0 Å². The maximum absolute atomic E-state index is 12.5. The van der Waals surface area contributed by atoms with E-state index in [1.54, 1.807) is 6.07 Å². The number of carbonyl (C=O) groups excluding carboxylic acids is 1. The largest absolute Gasteiger partial charge is 0.504 e. The summed E-state index contributed by atoms with van der Waals surface area (Å²) in [6.45, 7) is 9.93. The molecular formula is C29H42N2O5. The van der Waals surface area contributed by atoms with E-state index >= 15 is 0 Å². The van der Waals surface area contributed by atoms with E-state index in [9.17, 15) is 9.90 Å². The summed E-state index contributed by atoms with van der Waals surface area (Å²) in [6.07, 6.45) is 6.57. The van der Waals surface area contributed by atoms with Crippen LogP contribution >= 0.6 is 0 Å². The van der Waals surface area contributed by atoms with E-state index in [4.69, 9.17) is 14.2 Å². The van der Waals surface area contributed by atoms with Crippen LogP contribution in [0.2, 0.25) is 0 Å². The van der Waals surface area contributed by atoms with Gasteiger partial charge >= 0.3 is 5.97 Å². The number of carbonyl (C=O) groups is 1. The van der Waals surface area contributed by atoms with Gasteiger partial charge in [-0.3, -0.25) is 9.69 Å². The summed E-state index contributed by atoms with van der Waals surface area (Å²) >= 11 is 0. The molecule has 1 saturated heterocycles. The van der Waals surface area contributed by atoms with Gasteiger partial charge in [0.2, 0.25) is 0 Å². The molecule has 6 rings (SSSR count). The van der Waals surface area contributed by atoms with Crippen LogP contribution in [0, 0.1) is 5.92 Å². The molecule has 198 valence electrons. The van der Waals surface area contributed by atoms with Gasteiger partial charge in [-0.05, 0) is 90.3 Å². The number of esters is 1. The number of nitrogens with zero attached hydrogens (tertiary/aromatic N) is 1. The maximum atomic E-state index is 12.5. The predicted octanol–water partition coefficient (Wildman–Crippen LogP) is 3.69. The van der Waals surface area contributed by atoms with E-state index in [-0.39, 0.29) is 40.9 Å². The van der Waals surface area contributed by atoms with Crippen molar-refractivity contribution in [1.29, 1.82) is 0 Å². The number of ether oxygens (including phenoxy) is 3. The average Bonchev–Trinajstić information content (AvgIpc) is 3.54. The fourth-order valence-corrected chi connectivity index (χ4v) is 8.10. The van der Waals surface area contributed by atoms with Crippen LogP contribution in [0.4, 0.5) is 0 Å². The highest BCUT2D eigenvalue weighted by molar-refractivity contribution is 5.70. The molecule has 2 N–H and O–H groups in total. The van der Waals surface area contributed by atoms with Crippen LogP contribution in [0.5, 0.6) is 11.5 Å². The highest BCUT2D eigenvalue weighted by Gasteiger charge is 2.73. The zero-order chi connectivity index (χ0) is 25.5. The second-order valence-electron chi connectivity index (χ2n) is 13.0. The number of rotatable bonds is 7. The molecule has 2 heterocycles. The molecule has 2 aliphatic heterocycles. The van der Waals surface area contributed by atoms with Gasteiger partial charge < -0.3 is 24.6 Å². The summed E-state index contributed by atoms with van der Waals surface area (Å²) < 4.78 is 18.9. The molecule has 6 atom stereocenters. The van der Waals surface area contributed by atoms with Crippen LogP contribution < -0.4 is 10.1 Å². The number of phenolic OH excluding ortho intramolecular Hbond substituents is 1. The van der Waals surface area contributed by atoms with Crippen LogP contribution in [-0.4, -0.2) is 71.6 Å². The van der Waals surface area contributed by atoms with E-state index in [0.29, 0.717) is 18.2 Å². The minimum atomic E-state index is -0.492. The van der Waals surface area contributed by atoms with Crippen LogP contribution in [0.3, 0.4) is 0 Å². The first-order valence-corrected chi connectivity index (χ1v) is 13.9. The molecule has 7 nitrogen and oxygen atoms in total. The van der Waals surface area contributed by atoms with Crippen molar-refractivity contribution in [3.05, 3.63) is 23.3 Å². The quantitative estimate of drug-likeness (QED) is 0.555. The van der Waals surface area contributed by atoms with Crippen LogP contribution in [-0.2, 0) is 26.1 Å². The molecule has 1 aromatic carbocycles. The molecule has 1 unspecified atom stereocenters. The van der Waals surface area contributed by atoms with Crippen molar-refractivity contribution < 1.29 is 24.1 Å². The lowest BCUT2D eigenvalue weighted by Gasteiger charge is -2.66. The molecule has 2 bridgehead atoms. The zero-order valence-corrected chi connectivity index (χ0v) is 22.4. The molecule has 1 aromatic rings. The molecule has 3 aliphatic carbocycles. The molecule has 36 heavy (non-hydrogen) atoms. The maximum Gasteiger partial charge on any atom is 0.307 e. The summed E-state index contributed by atoms with van der Waals surface area (Å²) in [5.74, 6) is 1.51. The third kappa shape index (κ3) is 3.60. The highest BCUT2D eigenvalue weighted by Crippen LogP contribution is 2.66. The van der Waals surface area contributed by atoms with E-state index in [0.717, 1.165) is 44.7 Å². The lowest BCUT2D eigenvalue weighted by Crippen LogP contribution is -2.78. The van der Waals surface area contributed by atoms with Gasteiger partial charge in [-0.1, -0.05) is 6.07 Å². The van der Waals surface area contributed by atoms with Crippen molar-refractivity contribution in [2.45, 2.75) is 113 Å². The Labute approximate surface area is 214 Å². The van der Waals surface area contributed by atoms with Gasteiger partial charge in [0.25, 0.3) is 0 Å². The standard InChI is InChI=1S/C29H42N2O5/c1-17(14-23(33)36-27(2,3)4)30-20-10-11-29(34-5)22-15-19-8-9-21(32)25-24(19)28(29,26(20)35-25)12-13-31(22)16-18-6-7-18/h8-9,17-18,20,22,26,30,32H,6-7,10-16H2,1-5H3/t17?,20-,22-,26+,28+,29-/m1/s1. The van der Waals surface area contributed by atoms with E-state index in [2.05, 4.69) is 16.3 Å². The van der Waals surface area contributed by atoms with Crippen LogP contribution in [0.15, 0.2) is 12.1 Å². The van der Waals surface area contributed by atoms with E-state index < -0.39 is 5.60 Å². The Bertz CT molecular complexity index is 1050. The predicted molar refractivity (Wildman–Crippen MR) is 136 cm³/mol. The lowest BCUT2D eigenvalue weighted by molar-refractivity contribution is -0.208. The number of phenols is 1. The zero-order valence-electron chi connectivity index (χ0n) is 22.4. The minimum absolute atomic E-state index is 0.0500. The van der Waals surface area contributed by atoms with Crippen LogP contribution in [0.25, 0.3) is 0 Å². The summed E-state index contributed by atoms with van der Waals surface area (Å²) in [5, 5.41) is 14.6. The molecule has 2 saturated carbocycles. The second kappa shape index (κ2) is 8.34. The fourth-order valence-electron chi connectivity index (χ4n) is 8.10. The summed E-state index contributed by atoms with van der Waals surface area (Å²) in [7, 11) is 1.89. The number of hydrogen-bond donors (Lipinski definition) is 2. The van der Waals surface area contributed by atoms with Crippen molar-refractivity contribution in [3.8, 4) is 11.5 Å². The van der Waals surface area contributed by atoms with Crippen molar-refractivity contribution >= 4 is 5.97 Å². The van der Waals surface area contributed by atoms with Crippen molar-refractivity contribution in [2.24, 2.45) is 5.92 Å². The Balaban J connectivity index is 1.34. The molecule has 5 aliphatic rings. The molecule has 7 heteroatoms. The number of benzene rings is 1. The first kappa shape index (κ1) is 24.5. The van der Waals surface area contributed by atoms with Gasteiger partial charge in [-0.2, -0.15) is 0 Å². The van der Waals surface area contributed by atoms with Gasteiger partial charge in [-0.25, -0.2) is 0 Å². The molecule has 3 fully saturated rings. The van der Waals surface area contributed by atoms with Crippen molar-refractivity contribution in [1.82, 2.24) is 10.2 Å². The topological polar surface area (TPSA) is 80.3 Å².